The molecule has 0 atom stereocenters. The van der Waals surface area contributed by atoms with Crippen molar-refractivity contribution in [2.24, 2.45) is 0 Å². The summed E-state index contributed by atoms with van der Waals surface area (Å²) in [7, 11) is 0. The lowest BCUT2D eigenvalue weighted by molar-refractivity contribution is -0.386. The summed E-state index contributed by atoms with van der Waals surface area (Å²) >= 11 is 0. The number of aromatic carboxylic acids is 1. The van der Waals surface area contributed by atoms with Crippen molar-refractivity contribution in [1.82, 2.24) is 4.90 Å². The van der Waals surface area contributed by atoms with Gasteiger partial charge in [-0.25, -0.2) is 4.79 Å². The molecule has 7 heteroatoms. The second-order valence-corrected chi connectivity index (χ2v) is 4.61. The third-order valence-electron chi connectivity index (χ3n) is 3.28. The average Bonchev–Trinajstić information content (AvgIpc) is 2.91. The van der Waals surface area contributed by atoms with E-state index in [-0.39, 0.29) is 11.3 Å². The third-order valence-corrected chi connectivity index (χ3v) is 3.28. The summed E-state index contributed by atoms with van der Waals surface area (Å²) in [4.78, 5) is 23.5. The summed E-state index contributed by atoms with van der Waals surface area (Å²) < 4.78 is 5.40. The molecule has 0 aromatic heterocycles. The van der Waals surface area contributed by atoms with Crippen LogP contribution in [0.1, 0.15) is 23.2 Å². The highest BCUT2D eigenvalue weighted by Crippen LogP contribution is 2.30. The monoisotopic (exact) mass is 280 g/mol. The van der Waals surface area contributed by atoms with E-state index in [1.165, 1.54) is 18.2 Å². The molecule has 0 unspecified atom stereocenters. The van der Waals surface area contributed by atoms with Crippen molar-refractivity contribution in [3.05, 3.63) is 33.9 Å². The van der Waals surface area contributed by atoms with E-state index in [1.54, 1.807) is 0 Å². The van der Waals surface area contributed by atoms with Crippen LogP contribution in [0.15, 0.2) is 18.2 Å². The molecule has 0 amide bonds. The normalized spacial score (nSPS) is 15.2. The molecule has 0 aliphatic carbocycles. The van der Waals surface area contributed by atoms with Gasteiger partial charge in [0.25, 0.3) is 0 Å². The van der Waals surface area contributed by atoms with Gasteiger partial charge >= 0.3 is 11.7 Å². The fraction of sp³-hybridized carbons (Fsp3) is 0.462. The van der Waals surface area contributed by atoms with Crippen LogP contribution in [-0.4, -0.2) is 47.1 Å². The number of carbonyl (C=O) groups is 1. The molecule has 1 aliphatic rings. The Labute approximate surface area is 115 Å². The van der Waals surface area contributed by atoms with Crippen molar-refractivity contribution >= 4 is 11.7 Å². The van der Waals surface area contributed by atoms with Crippen molar-refractivity contribution in [1.29, 1.82) is 0 Å². The van der Waals surface area contributed by atoms with Crippen molar-refractivity contribution < 1.29 is 19.6 Å². The summed E-state index contributed by atoms with van der Waals surface area (Å²) in [6.45, 7) is 3.03. The predicted molar refractivity (Wildman–Crippen MR) is 71.2 cm³/mol. The number of hydrogen-bond donors (Lipinski definition) is 1. The predicted octanol–water partition coefficient (Wildman–Crippen LogP) is 1.77. The topological polar surface area (TPSA) is 92.9 Å². The van der Waals surface area contributed by atoms with E-state index in [0.29, 0.717) is 13.2 Å². The lowest BCUT2D eigenvalue weighted by Crippen LogP contribution is -2.25. The molecule has 1 aliphatic heterocycles. The van der Waals surface area contributed by atoms with Gasteiger partial charge in [-0.3, -0.25) is 15.0 Å². The zero-order chi connectivity index (χ0) is 14.5. The lowest BCUT2D eigenvalue weighted by atomic mass is 10.1. The van der Waals surface area contributed by atoms with Crippen LogP contribution >= 0.6 is 0 Å². The smallest absolute Gasteiger partial charge is 0.342 e. The van der Waals surface area contributed by atoms with E-state index in [0.717, 1.165) is 25.9 Å². The molecule has 7 nitrogen and oxygen atoms in total. The minimum atomic E-state index is -1.33. The lowest BCUT2D eigenvalue weighted by Gasteiger charge is -2.15. The van der Waals surface area contributed by atoms with Crippen molar-refractivity contribution in [2.75, 3.05) is 26.2 Å². The van der Waals surface area contributed by atoms with Gasteiger partial charge in [0.05, 0.1) is 4.92 Å². The van der Waals surface area contributed by atoms with E-state index in [2.05, 4.69) is 4.90 Å². The van der Waals surface area contributed by atoms with Gasteiger partial charge in [0.2, 0.25) is 0 Å². The van der Waals surface area contributed by atoms with Gasteiger partial charge in [0.15, 0.2) is 5.75 Å². The number of nitrogens with zero attached hydrogens (tertiary/aromatic N) is 2. The zero-order valence-corrected chi connectivity index (χ0v) is 10.9. The molecular weight excluding hydrogens is 264 g/mol. The molecule has 1 saturated heterocycles. The van der Waals surface area contributed by atoms with E-state index in [9.17, 15) is 14.9 Å². The molecule has 0 bridgehead atoms. The second-order valence-electron chi connectivity index (χ2n) is 4.61. The van der Waals surface area contributed by atoms with Crippen LogP contribution in [0.4, 0.5) is 5.69 Å². The number of carboxylic acids is 1. The molecule has 0 saturated carbocycles. The number of nitro groups is 1. The fourth-order valence-corrected chi connectivity index (χ4v) is 2.29. The maximum absolute atomic E-state index is 11.0. The van der Waals surface area contributed by atoms with Crippen LogP contribution in [0.2, 0.25) is 0 Å². The number of para-hydroxylation sites is 1. The Morgan fingerprint density at radius 3 is 2.70 bits per heavy atom. The van der Waals surface area contributed by atoms with E-state index < -0.39 is 16.6 Å². The van der Waals surface area contributed by atoms with Gasteiger partial charge in [0.1, 0.15) is 12.2 Å². The first-order valence-corrected chi connectivity index (χ1v) is 6.45. The molecule has 1 N–H and O–H groups in total. The van der Waals surface area contributed by atoms with Crippen LogP contribution in [0.25, 0.3) is 0 Å². The minimum Gasteiger partial charge on any atom is -0.485 e. The number of likely N-dealkylation sites (tertiary alicyclic amines) is 1. The summed E-state index contributed by atoms with van der Waals surface area (Å²) in [6.07, 6.45) is 2.32. The molecule has 20 heavy (non-hydrogen) atoms. The van der Waals surface area contributed by atoms with Gasteiger partial charge in [0, 0.05) is 6.54 Å². The molecule has 1 fully saturated rings. The molecule has 108 valence electrons. The first-order valence-electron chi connectivity index (χ1n) is 6.45. The van der Waals surface area contributed by atoms with E-state index in [1.807, 2.05) is 0 Å². The van der Waals surface area contributed by atoms with E-state index in [4.69, 9.17) is 9.84 Å². The second kappa shape index (κ2) is 6.33. The third kappa shape index (κ3) is 3.24. The number of rotatable bonds is 6. The largest absolute Gasteiger partial charge is 0.485 e. The molecule has 0 spiro atoms. The summed E-state index contributed by atoms with van der Waals surface area (Å²) in [6, 6.07) is 4.07. The highest BCUT2D eigenvalue weighted by Gasteiger charge is 2.25. The van der Waals surface area contributed by atoms with Gasteiger partial charge in [-0.05, 0) is 38.1 Å². The van der Waals surface area contributed by atoms with Crippen molar-refractivity contribution in [3.63, 3.8) is 0 Å². The molecular formula is C13H16N2O5. The molecule has 1 heterocycles. The first kappa shape index (κ1) is 14.3. The SMILES string of the molecule is O=C(O)c1cccc(OCCN2CCCC2)c1[N+](=O)[O-]. The van der Waals surface area contributed by atoms with Gasteiger partial charge in [-0.15, -0.1) is 0 Å². The molecule has 1 aromatic carbocycles. The summed E-state index contributed by atoms with van der Waals surface area (Å²) in [5.74, 6) is -1.32. The van der Waals surface area contributed by atoms with Crippen LogP contribution in [0, 0.1) is 10.1 Å². The van der Waals surface area contributed by atoms with Crippen LogP contribution in [-0.2, 0) is 0 Å². The zero-order valence-electron chi connectivity index (χ0n) is 10.9. The Bertz CT molecular complexity index is 511. The van der Waals surface area contributed by atoms with Crippen molar-refractivity contribution in [3.8, 4) is 5.75 Å². The Morgan fingerprint density at radius 2 is 2.10 bits per heavy atom. The standard InChI is InChI=1S/C13H16N2O5/c16-13(17)10-4-3-5-11(12(10)15(18)19)20-9-8-14-6-1-2-7-14/h3-5H,1-2,6-9H2,(H,16,17). The Hall–Kier alpha value is -2.15. The maximum Gasteiger partial charge on any atom is 0.342 e. The van der Waals surface area contributed by atoms with Gasteiger partial charge in [-0.2, -0.15) is 0 Å². The number of ether oxygens (including phenoxy) is 1. The number of nitro benzene ring substituents is 1. The highest BCUT2D eigenvalue weighted by molar-refractivity contribution is 5.93. The summed E-state index contributed by atoms with van der Waals surface area (Å²) in [5.41, 5.74) is -0.838. The van der Waals surface area contributed by atoms with Gasteiger partial charge < -0.3 is 9.84 Å². The van der Waals surface area contributed by atoms with Crippen LogP contribution in [0.3, 0.4) is 0 Å². The minimum absolute atomic E-state index is 0.00842. The maximum atomic E-state index is 11.0. The fourth-order valence-electron chi connectivity index (χ4n) is 2.29. The number of hydrogen-bond acceptors (Lipinski definition) is 5. The number of carboxylic acid groups (broad SMARTS) is 1. The number of benzene rings is 1. The Kier molecular flexibility index (Phi) is 4.52. The van der Waals surface area contributed by atoms with E-state index >= 15 is 0 Å². The molecule has 2 rings (SSSR count). The van der Waals surface area contributed by atoms with Gasteiger partial charge in [-0.1, -0.05) is 6.07 Å². The van der Waals surface area contributed by atoms with Crippen molar-refractivity contribution in [2.45, 2.75) is 12.8 Å². The van der Waals surface area contributed by atoms with Crippen LogP contribution in [0.5, 0.6) is 5.75 Å². The first-order chi connectivity index (χ1) is 9.59. The molecule has 1 aromatic rings. The molecule has 0 radical (unpaired) electrons. The average molecular weight is 280 g/mol. The highest BCUT2D eigenvalue weighted by atomic mass is 16.6. The van der Waals surface area contributed by atoms with Crippen LogP contribution < -0.4 is 4.74 Å². The Morgan fingerprint density at radius 1 is 1.40 bits per heavy atom. The Balaban J connectivity index is 2.08. The quantitative estimate of drug-likeness (QED) is 0.630. The summed E-state index contributed by atoms with van der Waals surface area (Å²) in [5, 5.41) is 20.0.